The van der Waals surface area contributed by atoms with Crippen LogP contribution < -0.4 is 4.90 Å². The minimum Gasteiger partial charge on any atom is -0.341 e. The summed E-state index contributed by atoms with van der Waals surface area (Å²) in [6.07, 6.45) is 4.04. The molecule has 1 aromatic heterocycles. The maximum Gasteiger partial charge on any atom is 0.415 e. The van der Waals surface area contributed by atoms with Gasteiger partial charge in [0.05, 0.1) is 6.61 Å². The van der Waals surface area contributed by atoms with E-state index in [1.54, 1.807) is 0 Å². The molecule has 0 saturated heterocycles. The van der Waals surface area contributed by atoms with Crippen molar-refractivity contribution in [1.29, 1.82) is 0 Å². The quantitative estimate of drug-likeness (QED) is 0.421. The van der Waals surface area contributed by atoms with Gasteiger partial charge in [-0.2, -0.15) is 13.4 Å². The standard InChI is InChI=1S/C14H27N5O5S/c1-5-7-19(8-6-2)14-16-11-15-13(17-14)9-12(3)10-23-18(4)24-25(20,21)22/h11-12H,5-10H2,1-4H3,(H,20,21,22). The maximum atomic E-state index is 10.6. The fraction of sp³-hybridized carbons (Fsp3) is 0.786. The van der Waals surface area contributed by atoms with Crippen LogP contribution in [0.25, 0.3) is 0 Å². The molecule has 144 valence electrons. The summed E-state index contributed by atoms with van der Waals surface area (Å²) in [6, 6.07) is 0. The predicted molar refractivity (Wildman–Crippen MR) is 91.8 cm³/mol. The Morgan fingerprint density at radius 2 is 1.88 bits per heavy atom. The minimum absolute atomic E-state index is 0.00602. The molecule has 25 heavy (non-hydrogen) atoms. The highest BCUT2D eigenvalue weighted by Crippen LogP contribution is 2.11. The molecule has 0 aliphatic rings. The number of rotatable bonds is 12. The van der Waals surface area contributed by atoms with Gasteiger partial charge in [0, 0.05) is 26.6 Å². The Hall–Kier alpha value is -1.40. The fourth-order valence-electron chi connectivity index (χ4n) is 2.18. The van der Waals surface area contributed by atoms with Crippen LogP contribution in [0.5, 0.6) is 0 Å². The molecule has 11 heteroatoms. The first-order valence-corrected chi connectivity index (χ1v) is 9.58. The molecule has 1 rings (SSSR count). The van der Waals surface area contributed by atoms with E-state index in [-0.39, 0.29) is 12.5 Å². The first-order chi connectivity index (χ1) is 11.7. The molecule has 1 aromatic rings. The summed E-state index contributed by atoms with van der Waals surface area (Å²) in [5, 5.41) is 0.592. The molecule has 0 aliphatic carbocycles. The SMILES string of the molecule is CCCN(CCC)c1ncnc(CC(C)CON(C)OS(=O)(=O)O)n1. The predicted octanol–water partition coefficient (Wildman–Crippen LogP) is 1.27. The Labute approximate surface area is 149 Å². The Balaban J connectivity index is 2.59. The Morgan fingerprint density at radius 3 is 2.44 bits per heavy atom. The molecule has 0 amide bonds. The molecule has 0 saturated carbocycles. The number of aromatic nitrogens is 3. The van der Waals surface area contributed by atoms with E-state index >= 15 is 0 Å². The zero-order valence-corrected chi connectivity index (χ0v) is 15.9. The Bertz CT molecular complexity index is 609. The van der Waals surface area contributed by atoms with Crippen molar-refractivity contribution in [2.24, 2.45) is 5.92 Å². The number of nitrogens with zero attached hydrogens (tertiary/aromatic N) is 5. The van der Waals surface area contributed by atoms with Gasteiger partial charge in [0.15, 0.2) is 0 Å². The van der Waals surface area contributed by atoms with E-state index in [2.05, 4.69) is 38.0 Å². The van der Waals surface area contributed by atoms with Gasteiger partial charge in [0.2, 0.25) is 5.95 Å². The second-order valence-corrected chi connectivity index (χ2v) is 6.74. The van der Waals surface area contributed by atoms with Gasteiger partial charge in [-0.25, -0.2) is 9.97 Å². The smallest absolute Gasteiger partial charge is 0.341 e. The highest BCUT2D eigenvalue weighted by Gasteiger charge is 2.15. The van der Waals surface area contributed by atoms with Crippen LogP contribution in [0.1, 0.15) is 39.4 Å². The third-order valence-electron chi connectivity index (χ3n) is 3.15. The van der Waals surface area contributed by atoms with Gasteiger partial charge >= 0.3 is 10.4 Å². The first-order valence-electron chi connectivity index (χ1n) is 8.21. The third kappa shape index (κ3) is 9.02. The van der Waals surface area contributed by atoms with Gasteiger partial charge in [-0.15, -0.1) is 4.28 Å². The number of hydroxylamine groups is 2. The van der Waals surface area contributed by atoms with Crippen LogP contribution in [0.4, 0.5) is 5.95 Å². The van der Waals surface area contributed by atoms with Crippen molar-refractivity contribution in [2.75, 3.05) is 31.6 Å². The van der Waals surface area contributed by atoms with E-state index in [0.29, 0.717) is 23.4 Å². The van der Waals surface area contributed by atoms with Crippen LogP contribution in [-0.4, -0.2) is 59.9 Å². The highest BCUT2D eigenvalue weighted by atomic mass is 32.3. The van der Waals surface area contributed by atoms with Crippen LogP contribution in [0.2, 0.25) is 0 Å². The summed E-state index contributed by atoms with van der Waals surface area (Å²) in [6.45, 7) is 8.05. The average molecular weight is 377 g/mol. The summed E-state index contributed by atoms with van der Waals surface area (Å²) in [4.78, 5) is 20.2. The topological polar surface area (TPSA) is 118 Å². The normalized spacial score (nSPS) is 13.2. The molecule has 0 radical (unpaired) electrons. The molecular weight excluding hydrogens is 350 g/mol. The van der Waals surface area contributed by atoms with Crippen molar-refractivity contribution in [2.45, 2.75) is 40.0 Å². The lowest BCUT2D eigenvalue weighted by atomic mass is 10.1. The number of anilines is 1. The van der Waals surface area contributed by atoms with E-state index in [1.165, 1.54) is 13.4 Å². The summed E-state index contributed by atoms with van der Waals surface area (Å²) in [5.74, 6) is 1.29. The Morgan fingerprint density at radius 1 is 1.24 bits per heavy atom. The summed E-state index contributed by atoms with van der Waals surface area (Å²) in [5.41, 5.74) is 0. The van der Waals surface area contributed by atoms with E-state index in [1.807, 2.05) is 6.92 Å². The lowest BCUT2D eigenvalue weighted by Crippen LogP contribution is -2.28. The third-order valence-corrected chi connectivity index (χ3v) is 3.55. The van der Waals surface area contributed by atoms with Gasteiger partial charge in [0.25, 0.3) is 0 Å². The molecule has 0 bridgehead atoms. The van der Waals surface area contributed by atoms with Crippen LogP contribution in [0.15, 0.2) is 6.33 Å². The molecule has 1 unspecified atom stereocenters. The maximum absolute atomic E-state index is 10.6. The van der Waals surface area contributed by atoms with Gasteiger partial charge < -0.3 is 4.90 Å². The lowest BCUT2D eigenvalue weighted by Gasteiger charge is -2.21. The highest BCUT2D eigenvalue weighted by molar-refractivity contribution is 7.80. The molecule has 1 N–H and O–H groups in total. The zero-order chi connectivity index (χ0) is 18.9. The van der Waals surface area contributed by atoms with E-state index < -0.39 is 10.4 Å². The second kappa shape index (κ2) is 10.6. The first kappa shape index (κ1) is 21.6. The van der Waals surface area contributed by atoms with Crippen LogP contribution in [0.3, 0.4) is 0 Å². The van der Waals surface area contributed by atoms with Gasteiger partial charge in [-0.05, 0) is 24.0 Å². The van der Waals surface area contributed by atoms with Crippen LogP contribution >= 0.6 is 0 Å². The van der Waals surface area contributed by atoms with Gasteiger partial charge in [0.1, 0.15) is 12.2 Å². The molecule has 0 aliphatic heterocycles. The monoisotopic (exact) mass is 377 g/mol. The van der Waals surface area contributed by atoms with E-state index in [0.717, 1.165) is 25.9 Å². The lowest BCUT2D eigenvalue weighted by molar-refractivity contribution is -0.305. The van der Waals surface area contributed by atoms with Crippen molar-refractivity contribution < 1.29 is 22.1 Å². The molecule has 1 atom stereocenters. The van der Waals surface area contributed by atoms with Crippen LogP contribution in [0, 0.1) is 5.92 Å². The molecular formula is C14H27N5O5S. The van der Waals surface area contributed by atoms with Gasteiger partial charge in [-0.1, -0.05) is 20.8 Å². The van der Waals surface area contributed by atoms with Crippen molar-refractivity contribution in [3.63, 3.8) is 0 Å². The number of hydrogen-bond donors (Lipinski definition) is 1. The van der Waals surface area contributed by atoms with Crippen molar-refractivity contribution in [1.82, 2.24) is 20.2 Å². The van der Waals surface area contributed by atoms with Crippen LogP contribution in [-0.2, 0) is 25.9 Å². The van der Waals surface area contributed by atoms with Crippen molar-refractivity contribution in [3.05, 3.63) is 12.2 Å². The zero-order valence-electron chi connectivity index (χ0n) is 15.1. The van der Waals surface area contributed by atoms with Crippen molar-refractivity contribution >= 4 is 16.3 Å². The van der Waals surface area contributed by atoms with E-state index in [9.17, 15) is 8.42 Å². The minimum atomic E-state index is -4.59. The molecule has 0 fully saturated rings. The fourth-order valence-corrected chi connectivity index (χ4v) is 2.49. The summed E-state index contributed by atoms with van der Waals surface area (Å²) in [7, 11) is -3.36. The molecule has 0 aromatic carbocycles. The van der Waals surface area contributed by atoms with E-state index in [4.69, 9.17) is 9.39 Å². The summed E-state index contributed by atoms with van der Waals surface area (Å²) < 4.78 is 33.8. The summed E-state index contributed by atoms with van der Waals surface area (Å²) >= 11 is 0. The second-order valence-electron chi connectivity index (χ2n) is 5.74. The van der Waals surface area contributed by atoms with Gasteiger partial charge in [-0.3, -0.25) is 9.39 Å². The molecule has 1 heterocycles. The van der Waals surface area contributed by atoms with Crippen molar-refractivity contribution in [3.8, 4) is 0 Å². The average Bonchev–Trinajstić information content (AvgIpc) is 2.51. The molecule has 0 spiro atoms. The molecule has 10 nitrogen and oxygen atoms in total. The number of hydrogen-bond acceptors (Lipinski definition) is 9. The largest absolute Gasteiger partial charge is 0.415 e. The Kier molecular flexibility index (Phi) is 9.14.